The van der Waals surface area contributed by atoms with Gasteiger partial charge in [-0.15, -0.1) is 0 Å². The molecule has 6 nitrogen and oxygen atoms in total. The molecule has 26 heavy (non-hydrogen) atoms. The zero-order chi connectivity index (χ0) is 19.7. The van der Waals surface area contributed by atoms with E-state index in [1.54, 1.807) is 42.7 Å². The van der Waals surface area contributed by atoms with Crippen molar-refractivity contribution in [2.75, 3.05) is 42.7 Å². The first kappa shape index (κ1) is 22.2. The summed E-state index contributed by atoms with van der Waals surface area (Å²) in [4.78, 5) is 0. The van der Waals surface area contributed by atoms with Gasteiger partial charge in [-0.2, -0.15) is 0 Å². The lowest BCUT2D eigenvalue weighted by molar-refractivity contribution is 0.323. The van der Waals surface area contributed by atoms with Crippen molar-refractivity contribution in [1.29, 1.82) is 0 Å². The van der Waals surface area contributed by atoms with Crippen LogP contribution < -0.4 is 28.4 Å². The molecule has 0 unspecified atom stereocenters. The van der Waals surface area contributed by atoms with E-state index in [0.717, 1.165) is 8.95 Å². The highest BCUT2D eigenvalue weighted by atomic mass is 79.9. The molecule has 0 aliphatic heterocycles. The van der Waals surface area contributed by atoms with Crippen LogP contribution in [0.4, 0.5) is 0 Å². The predicted molar refractivity (Wildman–Crippen MR) is 108 cm³/mol. The number of halogens is 2. The highest BCUT2D eigenvalue weighted by molar-refractivity contribution is 9.10. The Balaban J connectivity index is 0.000000260. The lowest BCUT2D eigenvalue weighted by Gasteiger charge is -2.12. The molecule has 0 heterocycles. The summed E-state index contributed by atoms with van der Waals surface area (Å²) in [7, 11) is 9.50. The summed E-state index contributed by atoms with van der Waals surface area (Å²) < 4.78 is 32.5. The van der Waals surface area contributed by atoms with E-state index in [2.05, 4.69) is 31.9 Å². The topological polar surface area (TPSA) is 55.4 Å². The Hall–Kier alpha value is -1.80. The largest absolute Gasteiger partial charge is 0.493 e. The second kappa shape index (κ2) is 11.0. The fourth-order valence-electron chi connectivity index (χ4n) is 2.11. The van der Waals surface area contributed by atoms with Crippen molar-refractivity contribution >= 4 is 31.9 Å². The highest BCUT2D eigenvalue weighted by Crippen LogP contribution is 2.42. The molecular weight excluding hydrogens is 472 g/mol. The van der Waals surface area contributed by atoms with Gasteiger partial charge in [0.25, 0.3) is 0 Å². The first-order valence-electron chi connectivity index (χ1n) is 7.37. The summed E-state index contributed by atoms with van der Waals surface area (Å²) in [5, 5.41) is 0. The molecule has 0 bridgehead atoms. The van der Waals surface area contributed by atoms with Crippen LogP contribution in [0.2, 0.25) is 0 Å². The molecule has 0 spiro atoms. The number of hydrogen-bond donors (Lipinski definition) is 0. The third kappa shape index (κ3) is 5.35. The fourth-order valence-corrected chi connectivity index (χ4v) is 3.00. The van der Waals surface area contributed by atoms with Gasteiger partial charge in [0.05, 0.1) is 47.1 Å². The molecular formula is C18H22Br2O6. The quantitative estimate of drug-likeness (QED) is 0.567. The van der Waals surface area contributed by atoms with Gasteiger partial charge in [0.2, 0.25) is 11.5 Å². The molecule has 8 heteroatoms. The van der Waals surface area contributed by atoms with Crippen LogP contribution in [0, 0.1) is 0 Å². The molecule has 0 atom stereocenters. The van der Waals surface area contributed by atoms with Crippen LogP contribution in [0.5, 0.6) is 34.5 Å². The molecule has 0 N–H and O–H groups in total. The Labute approximate surface area is 170 Å². The van der Waals surface area contributed by atoms with Crippen molar-refractivity contribution in [3.63, 3.8) is 0 Å². The molecule has 2 rings (SSSR count). The second-order valence-corrected chi connectivity index (χ2v) is 6.43. The Morgan fingerprint density at radius 3 is 1.38 bits per heavy atom. The lowest BCUT2D eigenvalue weighted by Crippen LogP contribution is -1.95. The van der Waals surface area contributed by atoms with Crippen molar-refractivity contribution in [2.45, 2.75) is 0 Å². The van der Waals surface area contributed by atoms with Crippen molar-refractivity contribution in [3.05, 3.63) is 33.2 Å². The smallest absolute Gasteiger partial charge is 0.204 e. The summed E-state index contributed by atoms with van der Waals surface area (Å²) in [6, 6.07) is 7.30. The van der Waals surface area contributed by atoms with Gasteiger partial charge < -0.3 is 28.4 Å². The molecule has 0 aliphatic rings. The first-order chi connectivity index (χ1) is 12.5. The molecule has 0 radical (unpaired) electrons. The van der Waals surface area contributed by atoms with Crippen molar-refractivity contribution in [3.8, 4) is 34.5 Å². The zero-order valence-electron chi connectivity index (χ0n) is 15.5. The molecule has 0 fully saturated rings. The maximum atomic E-state index is 5.16. The molecule has 2 aromatic rings. The van der Waals surface area contributed by atoms with E-state index < -0.39 is 0 Å². The molecule has 2 aromatic carbocycles. The van der Waals surface area contributed by atoms with E-state index in [4.69, 9.17) is 28.4 Å². The monoisotopic (exact) mass is 492 g/mol. The molecule has 0 aromatic heterocycles. The third-order valence-corrected chi connectivity index (χ3v) is 4.37. The number of benzene rings is 2. The summed E-state index contributed by atoms with van der Waals surface area (Å²) in [6.07, 6.45) is 0. The van der Waals surface area contributed by atoms with Crippen LogP contribution in [0.3, 0.4) is 0 Å². The van der Waals surface area contributed by atoms with Gasteiger partial charge in [-0.05, 0) is 40.2 Å². The SMILES string of the molecule is COc1cc(Br)cc(OC)c1OC.COc1ccc(Br)c(OC)c1OC. The van der Waals surface area contributed by atoms with Crippen LogP contribution in [0.15, 0.2) is 33.2 Å². The maximum absolute atomic E-state index is 5.16. The van der Waals surface area contributed by atoms with Crippen LogP contribution in [-0.4, -0.2) is 42.7 Å². The van der Waals surface area contributed by atoms with Gasteiger partial charge in [-0.25, -0.2) is 0 Å². The Bertz CT molecular complexity index is 696. The standard InChI is InChI=1S/2C9H11BrO3/c1-11-7-4-6(10)5-8(12-2)9(7)13-3;1-11-7-5-4-6(10)8(12-2)9(7)13-3/h2*4-5H,1-3H3. The fraction of sp³-hybridized carbons (Fsp3) is 0.333. The summed E-state index contributed by atoms with van der Waals surface area (Å²) >= 11 is 6.69. The number of methoxy groups -OCH3 is 6. The Morgan fingerprint density at radius 2 is 1.00 bits per heavy atom. The average molecular weight is 494 g/mol. The van der Waals surface area contributed by atoms with E-state index in [1.807, 2.05) is 24.3 Å². The first-order valence-corrected chi connectivity index (χ1v) is 8.95. The van der Waals surface area contributed by atoms with Gasteiger partial charge in [0.1, 0.15) is 0 Å². The van der Waals surface area contributed by atoms with Crippen LogP contribution >= 0.6 is 31.9 Å². The van der Waals surface area contributed by atoms with Gasteiger partial charge in [-0.1, -0.05) is 15.9 Å². The summed E-state index contributed by atoms with van der Waals surface area (Å²) in [5.41, 5.74) is 0. The average Bonchev–Trinajstić information content (AvgIpc) is 2.67. The zero-order valence-corrected chi connectivity index (χ0v) is 18.7. The lowest BCUT2D eigenvalue weighted by atomic mass is 10.3. The van der Waals surface area contributed by atoms with E-state index in [9.17, 15) is 0 Å². The predicted octanol–water partition coefficient (Wildman–Crippen LogP) is 4.95. The normalized spacial score (nSPS) is 9.54. The molecule has 0 saturated carbocycles. The minimum absolute atomic E-state index is 0.597. The van der Waals surface area contributed by atoms with Crippen molar-refractivity contribution in [1.82, 2.24) is 0 Å². The summed E-state index contributed by atoms with van der Waals surface area (Å²) in [6.45, 7) is 0. The van der Waals surface area contributed by atoms with Gasteiger partial charge >= 0.3 is 0 Å². The molecule has 144 valence electrons. The summed E-state index contributed by atoms with van der Waals surface area (Å²) in [5.74, 6) is 3.79. The van der Waals surface area contributed by atoms with Crippen molar-refractivity contribution < 1.29 is 28.4 Å². The number of rotatable bonds is 6. The number of ether oxygens (including phenoxy) is 6. The third-order valence-electron chi connectivity index (χ3n) is 3.29. The van der Waals surface area contributed by atoms with Crippen LogP contribution in [-0.2, 0) is 0 Å². The van der Waals surface area contributed by atoms with Crippen LogP contribution in [0.25, 0.3) is 0 Å². The van der Waals surface area contributed by atoms with E-state index in [0.29, 0.717) is 34.5 Å². The second-order valence-electron chi connectivity index (χ2n) is 4.66. The van der Waals surface area contributed by atoms with Crippen molar-refractivity contribution in [2.24, 2.45) is 0 Å². The van der Waals surface area contributed by atoms with E-state index in [-0.39, 0.29) is 0 Å². The van der Waals surface area contributed by atoms with Gasteiger partial charge in [0, 0.05) is 4.47 Å². The molecule has 0 aliphatic carbocycles. The van der Waals surface area contributed by atoms with E-state index in [1.165, 1.54) is 0 Å². The minimum atomic E-state index is 0.597. The Kier molecular flexibility index (Phi) is 9.43. The van der Waals surface area contributed by atoms with Crippen LogP contribution in [0.1, 0.15) is 0 Å². The number of hydrogen-bond acceptors (Lipinski definition) is 6. The highest BCUT2D eigenvalue weighted by Gasteiger charge is 2.13. The van der Waals surface area contributed by atoms with Gasteiger partial charge in [-0.3, -0.25) is 0 Å². The molecule has 0 amide bonds. The maximum Gasteiger partial charge on any atom is 0.204 e. The van der Waals surface area contributed by atoms with E-state index >= 15 is 0 Å². The van der Waals surface area contributed by atoms with Gasteiger partial charge in [0.15, 0.2) is 23.0 Å². The minimum Gasteiger partial charge on any atom is -0.493 e. The Morgan fingerprint density at radius 1 is 0.538 bits per heavy atom. The molecule has 0 saturated heterocycles.